The van der Waals surface area contributed by atoms with Crippen molar-refractivity contribution in [3.8, 4) is 0 Å². The van der Waals surface area contributed by atoms with Crippen LogP contribution in [0.25, 0.3) is 0 Å². The van der Waals surface area contributed by atoms with Crippen LogP contribution in [-0.2, 0) is 4.74 Å². The van der Waals surface area contributed by atoms with Crippen LogP contribution < -0.4 is 10.2 Å². The van der Waals surface area contributed by atoms with E-state index >= 15 is 0 Å². The summed E-state index contributed by atoms with van der Waals surface area (Å²) < 4.78 is 5.02. The Bertz CT molecular complexity index is 772. The van der Waals surface area contributed by atoms with Crippen LogP contribution in [0.3, 0.4) is 0 Å². The lowest BCUT2D eigenvalue weighted by atomic mass is 10.1. The van der Waals surface area contributed by atoms with Gasteiger partial charge in [-0.3, -0.25) is 4.79 Å². The molecule has 2 heterocycles. The summed E-state index contributed by atoms with van der Waals surface area (Å²) in [5, 5.41) is 2.74. The Kier molecular flexibility index (Phi) is 5.23. The van der Waals surface area contributed by atoms with Crippen LogP contribution in [0, 0.1) is 0 Å². The number of nitrogens with zero attached hydrogens (tertiary/aromatic N) is 3. The number of esters is 1. The maximum Gasteiger partial charge on any atom is 0.340 e. The molecule has 1 aliphatic heterocycles. The Balaban J connectivity index is 1.79. The summed E-state index contributed by atoms with van der Waals surface area (Å²) in [5.74, 6) is -0.303. The number of hydrogen-bond acceptors (Lipinski definition) is 6. The largest absolute Gasteiger partial charge is 0.462 e. The first kappa shape index (κ1) is 16.9. The Morgan fingerprint density at radius 1 is 1.20 bits per heavy atom. The van der Waals surface area contributed by atoms with Crippen LogP contribution in [0.1, 0.15) is 40.6 Å². The van der Waals surface area contributed by atoms with E-state index in [1.54, 1.807) is 43.5 Å². The molecular weight excluding hydrogens is 320 g/mol. The van der Waals surface area contributed by atoms with Crippen molar-refractivity contribution in [2.75, 3.05) is 29.9 Å². The van der Waals surface area contributed by atoms with E-state index in [2.05, 4.69) is 20.2 Å². The zero-order valence-corrected chi connectivity index (χ0v) is 14.1. The fraction of sp³-hybridized carbons (Fsp3) is 0.333. The van der Waals surface area contributed by atoms with Crippen molar-refractivity contribution in [3.05, 3.63) is 47.8 Å². The van der Waals surface area contributed by atoms with Gasteiger partial charge in [-0.2, -0.15) is 0 Å². The first-order valence-corrected chi connectivity index (χ1v) is 8.34. The average Bonchev–Trinajstić information content (AvgIpc) is 3.17. The molecule has 0 radical (unpaired) electrons. The van der Waals surface area contributed by atoms with E-state index in [1.807, 2.05) is 0 Å². The summed E-state index contributed by atoms with van der Waals surface area (Å²) in [6.07, 6.45) is 3.78. The fourth-order valence-corrected chi connectivity index (χ4v) is 2.71. The van der Waals surface area contributed by atoms with E-state index in [-0.39, 0.29) is 18.2 Å². The lowest BCUT2D eigenvalue weighted by molar-refractivity contribution is 0.0527. The van der Waals surface area contributed by atoms with Gasteiger partial charge in [0.05, 0.1) is 17.9 Å². The molecular formula is C18H20N4O3. The minimum atomic E-state index is -0.473. The monoisotopic (exact) mass is 340 g/mol. The van der Waals surface area contributed by atoms with Gasteiger partial charge in [-0.25, -0.2) is 14.8 Å². The molecule has 25 heavy (non-hydrogen) atoms. The molecule has 7 heteroatoms. The number of carbonyl (C=O) groups is 2. The average molecular weight is 340 g/mol. The van der Waals surface area contributed by atoms with Crippen LogP contribution in [0.2, 0.25) is 0 Å². The minimum Gasteiger partial charge on any atom is -0.462 e. The predicted molar refractivity (Wildman–Crippen MR) is 93.8 cm³/mol. The van der Waals surface area contributed by atoms with Crippen LogP contribution >= 0.6 is 0 Å². The standard InChI is InChI=1S/C18H20N4O3/c1-2-25-17(24)13-7-3-4-8-14(13)20-16(23)15-9-10-19-18(21-15)22-11-5-6-12-22/h3-4,7-10H,2,5-6,11-12H2,1H3,(H,20,23). The Morgan fingerprint density at radius 2 is 1.96 bits per heavy atom. The van der Waals surface area contributed by atoms with Gasteiger partial charge in [0.25, 0.3) is 5.91 Å². The third-order valence-electron chi connectivity index (χ3n) is 3.94. The molecule has 1 aromatic carbocycles. The highest BCUT2D eigenvalue weighted by Gasteiger charge is 2.18. The molecule has 1 N–H and O–H groups in total. The molecule has 0 saturated carbocycles. The summed E-state index contributed by atoms with van der Waals surface area (Å²) >= 11 is 0. The molecule has 0 spiro atoms. The van der Waals surface area contributed by atoms with Gasteiger partial charge in [0.2, 0.25) is 5.95 Å². The molecule has 1 saturated heterocycles. The number of amides is 1. The lowest BCUT2D eigenvalue weighted by Gasteiger charge is -2.15. The predicted octanol–water partition coefficient (Wildman–Crippen LogP) is 2.51. The zero-order chi connectivity index (χ0) is 17.6. The minimum absolute atomic E-state index is 0.260. The maximum atomic E-state index is 12.5. The third-order valence-corrected chi connectivity index (χ3v) is 3.94. The summed E-state index contributed by atoms with van der Waals surface area (Å²) in [6.45, 7) is 3.81. The first-order valence-electron chi connectivity index (χ1n) is 8.34. The van der Waals surface area contributed by atoms with Crippen molar-refractivity contribution in [2.24, 2.45) is 0 Å². The molecule has 1 amide bonds. The first-order chi connectivity index (χ1) is 12.2. The van der Waals surface area contributed by atoms with Crippen LogP contribution in [0.5, 0.6) is 0 Å². The van der Waals surface area contributed by atoms with Gasteiger partial charge in [-0.1, -0.05) is 12.1 Å². The maximum absolute atomic E-state index is 12.5. The third kappa shape index (κ3) is 3.93. The Morgan fingerprint density at radius 3 is 2.72 bits per heavy atom. The molecule has 1 aromatic heterocycles. The second-order valence-electron chi connectivity index (χ2n) is 5.66. The van der Waals surface area contributed by atoms with E-state index in [0.717, 1.165) is 25.9 Å². The number of rotatable bonds is 5. The second-order valence-corrected chi connectivity index (χ2v) is 5.66. The van der Waals surface area contributed by atoms with Crippen molar-refractivity contribution in [2.45, 2.75) is 19.8 Å². The number of aromatic nitrogens is 2. The number of hydrogen-bond donors (Lipinski definition) is 1. The molecule has 3 rings (SSSR count). The highest BCUT2D eigenvalue weighted by molar-refractivity contribution is 6.07. The van der Waals surface area contributed by atoms with Crippen LogP contribution in [0.4, 0.5) is 11.6 Å². The van der Waals surface area contributed by atoms with Gasteiger partial charge in [-0.05, 0) is 38.0 Å². The molecule has 1 fully saturated rings. The van der Waals surface area contributed by atoms with Crippen LogP contribution in [-0.4, -0.2) is 41.5 Å². The summed E-state index contributed by atoms with van der Waals surface area (Å²) in [7, 11) is 0. The zero-order valence-electron chi connectivity index (χ0n) is 14.1. The normalized spacial score (nSPS) is 13.6. The van der Waals surface area contributed by atoms with E-state index in [9.17, 15) is 9.59 Å². The van der Waals surface area contributed by atoms with E-state index in [4.69, 9.17) is 4.74 Å². The number of carbonyl (C=O) groups excluding carboxylic acids is 2. The van der Waals surface area contributed by atoms with Gasteiger partial charge in [0.15, 0.2) is 0 Å². The smallest absolute Gasteiger partial charge is 0.340 e. The highest BCUT2D eigenvalue weighted by atomic mass is 16.5. The summed E-state index contributed by atoms with van der Waals surface area (Å²) in [6, 6.07) is 8.30. The van der Waals surface area contributed by atoms with Crippen molar-refractivity contribution in [3.63, 3.8) is 0 Å². The molecule has 0 aliphatic carbocycles. The summed E-state index contributed by atoms with van der Waals surface area (Å²) in [4.78, 5) is 35.2. The highest BCUT2D eigenvalue weighted by Crippen LogP contribution is 2.19. The number of anilines is 2. The van der Waals surface area contributed by atoms with Crippen LogP contribution in [0.15, 0.2) is 36.5 Å². The number of ether oxygens (including phenoxy) is 1. The van der Waals surface area contributed by atoms with E-state index < -0.39 is 5.97 Å². The quantitative estimate of drug-likeness (QED) is 0.842. The van der Waals surface area contributed by atoms with Gasteiger partial charge in [0.1, 0.15) is 5.69 Å². The molecule has 0 atom stereocenters. The van der Waals surface area contributed by atoms with Gasteiger partial charge in [0, 0.05) is 19.3 Å². The van der Waals surface area contributed by atoms with E-state index in [0.29, 0.717) is 17.2 Å². The van der Waals surface area contributed by atoms with Crippen molar-refractivity contribution >= 4 is 23.5 Å². The Hall–Kier alpha value is -2.96. The molecule has 0 bridgehead atoms. The Labute approximate surface area is 146 Å². The SMILES string of the molecule is CCOC(=O)c1ccccc1NC(=O)c1ccnc(N2CCCC2)n1. The topological polar surface area (TPSA) is 84.4 Å². The molecule has 7 nitrogen and oxygen atoms in total. The van der Waals surface area contributed by atoms with Crippen molar-refractivity contribution in [1.82, 2.24) is 9.97 Å². The molecule has 130 valence electrons. The van der Waals surface area contributed by atoms with Crippen molar-refractivity contribution in [1.29, 1.82) is 0 Å². The van der Waals surface area contributed by atoms with Gasteiger partial charge < -0.3 is 15.0 Å². The van der Waals surface area contributed by atoms with Gasteiger partial charge in [-0.15, -0.1) is 0 Å². The molecule has 1 aliphatic rings. The van der Waals surface area contributed by atoms with E-state index in [1.165, 1.54) is 0 Å². The number of para-hydroxylation sites is 1. The lowest BCUT2D eigenvalue weighted by Crippen LogP contribution is -2.23. The second kappa shape index (κ2) is 7.74. The molecule has 2 aromatic rings. The molecule has 0 unspecified atom stereocenters. The summed E-state index contributed by atoms with van der Waals surface area (Å²) in [5.41, 5.74) is 0.967. The number of benzene rings is 1. The fourth-order valence-electron chi connectivity index (χ4n) is 2.71. The van der Waals surface area contributed by atoms with Crippen molar-refractivity contribution < 1.29 is 14.3 Å². The van der Waals surface area contributed by atoms with Gasteiger partial charge >= 0.3 is 5.97 Å². The number of nitrogens with one attached hydrogen (secondary N) is 1.